The number of nitrogens with zero attached hydrogens (tertiary/aromatic N) is 1. The Morgan fingerprint density at radius 2 is 2.00 bits per heavy atom. The number of aryl methyl sites for hydroxylation is 1. The largest absolute Gasteiger partial charge is 0.399 e. The molecule has 0 fully saturated rings. The number of anilines is 1. The summed E-state index contributed by atoms with van der Waals surface area (Å²) in [4.78, 5) is 0. The van der Waals surface area contributed by atoms with Crippen molar-refractivity contribution in [1.29, 1.82) is 0 Å². The van der Waals surface area contributed by atoms with Crippen LogP contribution >= 0.6 is 0 Å². The Bertz CT molecular complexity index is 483. The zero-order valence-corrected chi connectivity index (χ0v) is 11.4. The summed E-state index contributed by atoms with van der Waals surface area (Å²) in [5.41, 5.74) is 8.64. The lowest BCUT2D eigenvalue weighted by Crippen LogP contribution is -2.31. The molecule has 0 heterocycles. The second-order valence-corrected chi connectivity index (χ2v) is 6.18. The summed E-state index contributed by atoms with van der Waals surface area (Å²) in [6.45, 7) is 4.81. The highest BCUT2D eigenvalue weighted by Gasteiger charge is 2.13. The van der Waals surface area contributed by atoms with Gasteiger partial charge in [0, 0.05) is 18.8 Å². The maximum Gasteiger partial charge on any atom is 0.211 e. The van der Waals surface area contributed by atoms with E-state index in [-0.39, 0.29) is 0 Å². The fraction of sp³-hybridized carbons (Fsp3) is 0.500. The SMILES string of the molecule is CCN(CCc1ccc(N)c(C)c1)S(C)(=O)=O. The average molecular weight is 256 g/mol. The third kappa shape index (κ3) is 4.02. The molecule has 0 aliphatic rings. The molecule has 0 spiro atoms. The molecule has 0 bridgehead atoms. The fourth-order valence-electron chi connectivity index (χ4n) is 1.71. The van der Waals surface area contributed by atoms with Gasteiger partial charge in [0.15, 0.2) is 0 Å². The topological polar surface area (TPSA) is 63.4 Å². The maximum atomic E-state index is 11.4. The van der Waals surface area contributed by atoms with Crippen LogP contribution in [0, 0.1) is 6.92 Å². The average Bonchev–Trinajstić information content (AvgIpc) is 2.22. The lowest BCUT2D eigenvalue weighted by atomic mass is 10.1. The quantitative estimate of drug-likeness (QED) is 0.810. The maximum absolute atomic E-state index is 11.4. The predicted octanol–water partition coefficient (Wildman–Crippen LogP) is 1.40. The summed E-state index contributed by atoms with van der Waals surface area (Å²) < 4.78 is 24.3. The first-order valence-corrected chi connectivity index (χ1v) is 7.49. The smallest absolute Gasteiger partial charge is 0.211 e. The number of nitrogen functional groups attached to an aromatic ring is 1. The van der Waals surface area contributed by atoms with Gasteiger partial charge in [0.1, 0.15) is 0 Å². The van der Waals surface area contributed by atoms with E-state index in [1.807, 2.05) is 32.0 Å². The van der Waals surface area contributed by atoms with Crippen molar-refractivity contribution in [1.82, 2.24) is 4.31 Å². The van der Waals surface area contributed by atoms with E-state index in [1.54, 1.807) is 0 Å². The molecule has 17 heavy (non-hydrogen) atoms. The van der Waals surface area contributed by atoms with Crippen LogP contribution in [0.2, 0.25) is 0 Å². The molecule has 0 aliphatic carbocycles. The molecule has 0 unspecified atom stereocenters. The van der Waals surface area contributed by atoms with Crippen LogP contribution in [0.25, 0.3) is 0 Å². The van der Waals surface area contributed by atoms with Crippen molar-refractivity contribution in [2.75, 3.05) is 25.1 Å². The van der Waals surface area contributed by atoms with Gasteiger partial charge in [0.05, 0.1) is 6.26 Å². The third-order valence-corrected chi connectivity index (χ3v) is 4.18. The number of likely N-dealkylation sites (N-methyl/N-ethyl adjacent to an activating group) is 1. The van der Waals surface area contributed by atoms with Gasteiger partial charge in [0.25, 0.3) is 0 Å². The number of hydrogen-bond acceptors (Lipinski definition) is 3. The predicted molar refractivity (Wildman–Crippen MR) is 71.4 cm³/mol. The molecule has 4 nitrogen and oxygen atoms in total. The lowest BCUT2D eigenvalue weighted by molar-refractivity contribution is 0.435. The Hall–Kier alpha value is -1.07. The molecule has 96 valence electrons. The number of sulfonamides is 1. The second kappa shape index (κ2) is 5.51. The van der Waals surface area contributed by atoms with E-state index in [9.17, 15) is 8.42 Å². The van der Waals surface area contributed by atoms with Crippen LogP contribution in [0.1, 0.15) is 18.1 Å². The van der Waals surface area contributed by atoms with Gasteiger partial charge in [-0.2, -0.15) is 0 Å². The highest BCUT2D eigenvalue weighted by atomic mass is 32.2. The van der Waals surface area contributed by atoms with E-state index < -0.39 is 10.0 Å². The van der Waals surface area contributed by atoms with Gasteiger partial charge in [-0.3, -0.25) is 0 Å². The molecule has 0 atom stereocenters. The molecule has 1 aromatic carbocycles. The Labute approximate surface area is 103 Å². The Morgan fingerprint density at radius 1 is 1.35 bits per heavy atom. The van der Waals surface area contributed by atoms with Gasteiger partial charge in [0.2, 0.25) is 10.0 Å². The van der Waals surface area contributed by atoms with Crippen molar-refractivity contribution in [3.05, 3.63) is 29.3 Å². The van der Waals surface area contributed by atoms with Gasteiger partial charge in [-0.25, -0.2) is 12.7 Å². The van der Waals surface area contributed by atoms with Crippen LogP contribution in [0.5, 0.6) is 0 Å². The molecule has 0 aromatic heterocycles. The summed E-state index contributed by atoms with van der Waals surface area (Å²) in [7, 11) is -3.09. The van der Waals surface area contributed by atoms with Crippen molar-refractivity contribution in [2.45, 2.75) is 20.3 Å². The number of nitrogens with two attached hydrogens (primary N) is 1. The van der Waals surface area contributed by atoms with E-state index >= 15 is 0 Å². The zero-order valence-electron chi connectivity index (χ0n) is 10.6. The van der Waals surface area contributed by atoms with Crippen LogP contribution in [0.3, 0.4) is 0 Å². The van der Waals surface area contributed by atoms with Crippen molar-refractivity contribution < 1.29 is 8.42 Å². The Balaban J connectivity index is 2.70. The zero-order chi connectivity index (χ0) is 13.1. The van der Waals surface area contributed by atoms with Gasteiger partial charge < -0.3 is 5.73 Å². The van der Waals surface area contributed by atoms with Crippen LogP contribution < -0.4 is 5.73 Å². The van der Waals surface area contributed by atoms with Crippen molar-refractivity contribution in [2.24, 2.45) is 0 Å². The Kier molecular flexibility index (Phi) is 4.54. The first kappa shape index (κ1) is 14.0. The third-order valence-electron chi connectivity index (χ3n) is 2.81. The van der Waals surface area contributed by atoms with Crippen molar-refractivity contribution in [3.8, 4) is 0 Å². The molecular weight excluding hydrogens is 236 g/mol. The molecule has 0 amide bonds. The van der Waals surface area contributed by atoms with Crippen molar-refractivity contribution in [3.63, 3.8) is 0 Å². The molecule has 0 radical (unpaired) electrons. The monoisotopic (exact) mass is 256 g/mol. The molecule has 2 N–H and O–H groups in total. The minimum absolute atomic E-state index is 0.507. The minimum atomic E-state index is -3.09. The van der Waals surface area contributed by atoms with Crippen LogP contribution in [0.4, 0.5) is 5.69 Å². The summed E-state index contributed by atoms with van der Waals surface area (Å²) in [5, 5.41) is 0. The number of benzene rings is 1. The van der Waals surface area contributed by atoms with Crippen LogP contribution in [0.15, 0.2) is 18.2 Å². The molecular formula is C12H20N2O2S. The molecule has 1 aromatic rings. The Morgan fingerprint density at radius 3 is 2.47 bits per heavy atom. The normalized spacial score (nSPS) is 12.0. The van der Waals surface area contributed by atoms with Gasteiger partial charge in [-0.05, 0) is 30.5 Å². The molecule has 5 heteroatoms. The lowest BCUT2D eigenvalue weighted by Gasteiger charge is -2.17. The van der Waals surface area contributed by atoms with Crippen molar-refractivity contribution >= 4 is 15.7 Å². The van der Waals surface area contributed by atoms with E-state index in [1.165, 1.54) is 10.6 Å². The fourth-order valence-corrected chi connectivity index (χ4v) is 2.60. The number of rotatable bonds is 5. The summed E-state index contributed by atoms with van der Waals surface area (Å²) in [6, 6.07) is 5.81. The van der Waals surface area contributed by atoms with E-state index in [0.29, 0.717) is 19.5 Å². The molecule has 0 aliphatic heterocycles. The van der Waals surface area contributed by atoms with E-state index in [2.05, 4.69) is 0 Å². The van der Waals surface area contributed by atoms with Gasteiger partial charge >= 0.3 is 0 Å². The summed E-state index contributed by atoms with van der Waals surface area (Å²) in [5.74, 6) is 0. The standard InChI is InChI=1S/C12H20N2O2S/c1-4-14(17(3,15)16)8-7-11-5-6-12(13)10(2)9-11/h5-6,9H,4,7-8,13H2,1-3H3. The first-order chi connectivity index (χ1) is 7.84. The molecule has 0 saturated carbocycles. The highest BCUT2D eigenvalue weighted by molar-refractivity contribution is 7.88. The first-order valence-electron chi connectivity index (χ1n) is 5.64. The van der Waals surface area contributed by atoms with Crippen LogP contribution in [-0.4, -0.2) is 32.1 Å². The molecule has 0 saturated heterocycles. The summed E-state index contributed by atoms with van der Waals surface area (Å²) >= 11 is 0. The minimum Gasteiger partial charge on any atom is -0.399 e. The van der Waals surface area contributed by atoms with E-state index in [0.717, 1.165) is 16.8 Å². The van der Waals surface area contributed by atoms with Crippen LogP contribution in [-0.2, 0) is 16.4 Å². The van der Waals surface area contributed by atoms with Gasteiger partial charge in [-0.1, -0.05) is 19.1 Å². The number of hydrogen-bond donors (Lipinski definition) is 1. The second-order valence-electron chi connectivity index (χ2n) is 4.20. The van der Waals surface area contributed by atoms with E-state index in [4.69, 9.17) is 5.73 Å². The van der Waals surface area contributed by atoms with Gasteiger partial charge in [-0.15, -0.1) is 0 Å². The summed E-state index contributed by atoms with van der Waals surface area (Å²) in [6.07, 6.45) is 1.95. The highest BCUT2D eigenvalue weighted by Crippen LogP contribution is 2.13. The molecule has 1 rings (SSSR count).